The van der Waals surface area contributed by atoms with Gasteiger partial charge in [0.2, 0.25) is 0 Å². The number of aromatic nitrogens is 2. The number of hydrogen-bond acceptors (Lipinski definition) is 5. The summed E-state index contributed by atoms with van der Waals surface area (Å²) in [5.74, 6) is 1.80. The number of fused-ring (bicyclic) bond motifs is 1. The highest BCUT2D eigenvalue weighted by Gasteiger charge is 2.38. The van der Waals surface area contributed by atoms with E-state index in [4.69, 9.17) is 4.74 Å². The van der Waals surface area contributed by atoms with Crippen LogP contribution in [-0.2, 0) is 0 Å². The minimum absolute atomic E-state index is 0.298. The minimum atomic E-state index is 0.298. The first-order valence-electron chi connectivity index (χ1n) is 7.75. The van der Waals surface area contributed by atoms with Crippen LogP contribution < -0.4 is 4.74 Å². The van der Waals surface area contributed by atoms with Crippen molar-refractivity contribution in [3.63, 3.8) is 0 Å². The standard InChI is InChI=1S/C15H22N4O/c1-2-12(1)8-18-3-4-19-10-14(5-13(19)9-18)20-15-6-16-11-17-7-15/h6-7,11-14H,1-5,8-10H2. The lowest BCUT2D eigenvalue weighted by atomic mass is 10.1. The van der Waals surface area contributed by atoms with Crippen LogP contribution in [0.2, 0.25) is 0 Å². The summed E-state index contributed by atoms with van der Waals surface area (Å²) in [5.41, 5.74) is 0. The average Bonchev–Trinajstić information content (AvgIpc) is 3.18. The molecule has 5 heteroatoms. The molecule has 2 saturated heterocycles. The maximum atomic E-state index is 6.01. The summed E-state index contributed by atoms with van der Waals surface area (Å²) in [5, 5.41) is 0. The Kier molecular flexibility index (Phi) is 3.32. The summed E-state index contributed by atoms with van der Waals surface area (Å²) in [4.78, 5) is 13.3. The molecular weight excluding hydrogens is 252 g/mol. The second-order valence-corrected chi connectivity index (χ2v) is 6.40. The number of ether oxygens (including phenoxy) is 1. The van der Waals surface area contributed by atoms with E-state index < -0.39 is 0 Å². The van der Waals surface area contributed by atoms with Crippen molar-refractivity contribution < 1.29 is 4.74 Å². The summed E-state index contributed by atoms with van der Waals surface area (Å²) in [6, 6.07) is 0.678. The third kappa shape index (κ3) is 2.79. The Labute approximate surface area is 120 Å². The van der Waals surface area contributed by atoms with Crippen LogP contribution in [0.25, 0.3) is 0 Å². The first kappa shape index (κ1) is 12.5. The van der Waals surface area contributed by atoms with Crippen LogP contribution in [0.5, 0.6) is 5.75 Å². The van der Waals surface area contributed by atoms with Crippen molar-refractivity contribution in [1.29, 1.82) is 0 Å². The van der Waals surface area contributed by atoms with Gasteiger partial charge in [0.25, 0.3) is 0 Å². The molecule has 3 aliphatic rings. The van der Waals surface area contributed by atoms with Crippen LogP contribution in [0.1, 0.15) is 19.3 Å². The van der Waals surface area contributed by atoms with Gasteiger partial charge in [0.15, 0.2) is 5.75 Å². The molecule has 0 radical (unpaired) electrons. The van der Waals surface area contributed by atoms with E-state index in [1.807, 2.05) is 0 Å². The van der Waals surface area contributed by atoms with Gasteiger partial charge in [-0.25, -0.2) is 9.97 Å². The molecular formula is C15H22N4O. The summed E-state index contributed by atoms with van der Waals surface area (Å²) in [7, 11) is 0. The van der Waals surface area contributed by atoms with Crippen LogP contribution in [-0.4, -0.2) is 64.6 Å². The van der Waals surface area contributed by atoms with E-state index in [0.717, 1.165) is 24.6 Å². The van der Waals surface area contributed by atoms with Crippen molar-refractivity contribution in [1.82, 2.24) is 19.8 Å². The zero-order valence-electron chi connectivity index (χ0n) is 11.8. The highest BCUT2D eigenvalue weighted by molar-refractivity contribution is 5.11. The number of nitrogens with zero attached hydrogens (tertiary/aromatic N) is 4. The van der Waals surface area contributed by atoms with E-state index in [1.165, 1.54) is 39.0 Å². The maximum Gasteiger partial charge on any atom is 0.156 e. The Morgan fingerprint density at radius 1 is 1.15 bits per heavy atom. The van der Waals surface area contributed by atoms with Crippen molar-refractivity contribution in [3.8, 4) is 5.75 Å². The van der Waals surface area contributed by atoms with E-state index in [9.17, 15) is 0 Å². The Morgan fingerprint density at radius 2 is 2.00 bits per heavy atom. The minimum Gasteiger partial charge on any atom is -0.486 e. The number of rotatable bonds is 4. The first-order valence-corrected chi connectivity index (χ1v) is 7.75. The van der Waals surface area contributed by atoms with E-state index in [1.54, 1.807) is 18.7 Å². The highest BCUT2D eigenvalue weighted by atomic mass is 16.5. The van der Waals surface area contributed by atoms with Gasteiger partial charge in [0, 0.05) is 45.2 Å². The molecule has 20 heavy (non-hydrogen) atoms. The summed E-state index contributed by atoms with van der Waals surface area (Å²) in [6.45, 7) is 6.03. The molecule has 3 fully saturated rings. The predicted molar refractivity (Wildman–Crippen MR) is 75.6 cm³/mol. The van der Waals surface area contributed by atoms with Gasteiger partial charge in [-0.05, 0) is 18.8 Å². The Morgan fingerprint density at radius 3 is 2.80 bits per heavy atom. The predicted octanol–water partition coefficient (Wildman–Crippen LogP) is 1.02. The molecule has 0 bridgehead atoms. The van der Waals surface area contributed by atoms with Crippen molar-refractivity contribution in [2.75, 3.05) is 32.7 Å². The molecule has 5 nitrogen and oxygen atoms in total. The summed E-state index contributed by atoms with van der Waals surface area (Å²) in [6.07, 6.45) is 9.38. The third-order valence-corrected chi connectivity index (χ3v) is 4.71. The molecule has 1 saturated carbocycles. The lowest BCUT2D eigenvalue weighted by molar-refractivity contribution is 0.0994. The lowest BCUT2D eigenvalue weighted by Gasteiger charge is -2.37. The van der Waals surface area contributed by atoms with Crippen molar-refractivity contribution in [3.05, 3.63) is 18.7 Å². The molecule has 4 rings (SSSR count). The maximum absolute atomic E-state index is 6.01. The molecule has 0 amide bonds. The van der Waals surface area contributed by atoms with Gasteiger partial charge >= 0.3 is 0 Å². The Balaban J connectivity index is 1.32. The normalized spacial score (nSPS) is 31.2. The van der Waals surface area contributed by atoms with Crippen LogP contribution in [0.4, 0.5) is 0 Å². The average molecular weight is 274 g/mol. The monoisotopic (exact) mass is 274 g/mol. The number of hydrogen-bond donors (Lipinski definition) is 0. The van der Waals surface area contributed by atoms with Gasteiger partial charge in [-0.2, -0.15) is 0 Å². The molecule has 1 aromatic heterocycles. The zero-order chi connectivity index (χ0) is 13.4. The molecule has 0 aromatic carbocycles. The van der Waals surface area contributed by atoms with E-state index in [-0.39, 0.29) is 0 Å². The fourth-order valence-corrected chi connectivity index (χ4v) is 3.52. The lowest BCUT2D eigenvalue weighted by Crippen LogP contribution is -2.50. The summed E-state index contributed by atoms with van der Waals surface area (Å²) >= 11 is 0. The zero-order valence-corrected chi connectivity index (χ0v) is 11.8. The smallest absolute Gasteiger partial charge is 0.156 e. The first-order chi connectivity index (χ1) is 9.87. The van der Waals surface area contributed by atoms with Crippen LogP contribution >= 0.6 is 0 Å². The highest BCUT2D eigenvalue weighted by Crippen LogP contribution is 2.32. The van der Waals surface area contributed by atoms with Crippen molar-refractivity contribution in [2.45, 2.75) is 31.4 Å². The van der Waals surface area contributed by atoms with E-state index >= 15 is 0 Å². The molecule has 108 valence electrons. The van der Waals surface area contributed by atoms with Crippen molar-refractivity contribution >= 4 is 0 Å². The topological polar surface area (TPSA) is 41.5 Å². The van der Waals surface area contributed by atoms with Gasteiger partial charge in [-0.1, -0.05) is 0 Å². The largest absolute Gasteiger partial charge is 0.486 e. The molecule has 1 aliphatic carbocycles. The molecule has 0 spiro atoms. The van der Waals surface area contributed by atoms with Gasteiger partial charge in [-0.15, -0.1) is 0 Å². The van der Waals surface area contributed by atoms with Crippen molar-refractivity contribution in [2.24, 2.45) is 5.92 Å². The SMILES string of the molecule is c1ncc(OC2CC3CN(CC4CC4)CCN3C2)cn1. The molecule has 2 unspecified atom stereocenters. The Hall–Kier alpha value is -1.20. The van der Waals surface area contributed by atoms with E-state index in [0.29, 0.717) is 12.1 Å². The summed E-state index contributed by atoms with van der Waals surface area (Å²) < 4.78 is 6.01. The van der Waals surface area contributed by atoms with Crippen LogP contribution in [0.3, 0.4) is 0 Å². The quantitative estimate of drug-likeness (QED) is 0.820. The number of piperazine rings is 1. The molecule has 2 aliphatic heterocycles. The fourth-order valence-electron chi connectivity index (χ4n) is 3.52. The molecule has 1 aromatic rings. The van der Waals surface area contributed by atoms with Crippen LogP contribution in [0.15, 0.2) is 18.7 Å². The molecule has 3 heterocycles. The second kappa shape index (κ2) is 5.30. The molecule has 2 atom stereocenters. The fraction of sp³-hybridized carbons (Fsp3) is 0.733. The third-order valence-electron chi connectivity index (χ3n) is 4.71. The second-order valence-electron chi connectivity index (χ2n) is 6.40. The van der Waals surface area contributed by atoms with Crippen LogP contribution in [0, 0.1) is 5.92 Å². The van der Waals surface area contributed by atoms with Gasteiger partial charge in [-0.3, -0.25) is 4.90 Å². The van der Waals surface area contributed by atoms with Gasteiger partial charge < -0.3 is 9.64 Å². The molecule has 0 N–H and O–H groups in total. The Bertz CT molecular complexity index is 450. The van der Waals surface area contributed by atoms with Gasteiger partial charge in [0.1, 0.15) is 12.4 Å². The van der Waals surface area contributed by atoms with Gasteiger partial charge in [0.05, 0.1) is 12.4 Å². The van der Waals surface area contributed by atoms with E-state index in [2.05, 4.69) is 19.8 Å².